The molecule has 0 aromatic rings. The molecule has 0 fully saturated rings. The number of aliphatic hydroxyl groups is 1. The molecule has 1 amide bonds. The first-order valence-corrected chi connectivity index (χ1v) is 5.76. The van der Waals surface area contributed by atoms with Crippen molar-refractivity contribution in [3.63, 3.8) is 0 Å². The van der Waals surface area contributed by atoms with Crippen LogP contribution < -0.4 is 10.6 Å². The number of carbonyl (C=O) groups is 1. The quantitative estimate of drug-likeness (QED) is 0.535. The zero-order chi connectivity index (χ0) is 12.6. The first kappa shape index (κ1) is 15.1. The van der Waals surface area contributed by atoms with Crippen LogP contribution in [0.2, 0.25) is 0 Å². The highest BCUT2D eigenvalue weighted by Gasteiger charge is 2.17. The molecule has 0 rings (SSSR count). The van der Waals surface area contributed by atoms with Crippen molar-refractivity contribution in [2.45, 2.75) is 39.3 Å². The summed E-state index contributed by atoms with van der Waals surface area (Å²) in [6.45, 7) is 10.0. The van der Waals surface area contributed by atoms with Crippen LogP contribution in [0.25, 0.3) is 0 Å². The van der Waals surface area contributed by atoms with Gasteiger partial charge in [-0.05, 0) is 19.3 Å². The average Bonchev–Trinajstić information content (AvgIpc) is 2.23. The fraction of sp³-hybridized carbons (Fsp3) is 0.750. The lowest BCUT2D eigenvalue weighted by molar-refractivity contribution is -0.122. The molecule has 0 aliphatic carbocycles. The van der Waals surface area contributed by atoms with Crippen LogP contribution in [0.1, 0.15) is 27.2 Å². The largest absolute Gasteiger partial charge is 0.395 e. The van der Waals surface area contributed by atoms with Crippen molar-refractivity contribution in [3.05, 3.63) is 12.7 Å². The maximum Gasteiger partial charge on any atom is 0.237 e. The summed E-state index contributed by atoms with van der Waals surface area (Å²) in [6, 6.07) is -0.319. The number of carbonyl (C=O) groups excluding carboxylic acids is 1. The minimum absolute atomic E-state index is 0.0236. The van der Waals surface area contributed by atoms with E-state index in [1.165, 1.54) is 0 Å². The van der Waals surface area contributed by atoms with Gasteiger partial charge in [0.25, 0.3) is 0 Å². The Labute approximate surface area is 98.1 Å². The van der Waals surface area contributed by atoms with E-state index in [4.69, 9.17) is 0 Å². The summed E-state index contributed by atoms with van der Waals surface area (Å²) in [5.74, 6) is 0.426. The lowest BCUT2D eigenvalue weighted by Crippen LogP contribution is -2.48. The van der Waals surface area contributed by atoms with Crippen LogP contribution in [0.5, 0.6) is 0 Å². The molecule has 0 aliphatic rings. The van der Waals surface area contributed by atoms with Gasteiger partial charge in [-0.3, -0.25) is 4.79 Å². The highest BCUT2D eigenvalue weighted by atomic mass is 16.3. The summed E-state index contributed by atoms with van der Waals surface area (Å²) < 4.78 is 0. The summed E-state index contributed by atoms with van der Waals surface area (Å²) >= 11 is 0. The molecule has 0 spiro atoms. The van der Waals surface area contributed by atoms with Gasteiger partial charge in [-0.15, -0.1) is 6.58 Å². The number of rotatable bonds is 8. The van der Waals surface area contributed by atoms with Crippen LogP contribution in [-0.4, -0.2) is 36.2 Å². The van der Waals surface area contributed by atoms with Crippen LogP contribution in [0.3, 0.4) is 0 Å². The highest BCUT2D eigenvalue weighted by Crippen LogP contribution is 2.04. The predicted octanol–water partition coefficient (Wildman–Crippen LogP) is 0.674. The molecule has 0 aliphatic heterocycles. The molecule has 94 valence electrons. The summed E-state index contributed by atoms with van der Waals surface area (Å²) in [5.41, 5.74) is 0. The molecular weight excluding hydrogens is 204 g/mol. The van der Waals surface area contributed by atoms with E-state index in [1.807, 2.05) is 0 Å². The molecule has 2 atom stereocenters. The molecule has 0 bridgehead atoms. The Kier molecular flexibility index (Phi) is 7.85. The normalized spacial score (nSPS) is 14.6. The Morgan fingerprint density at radius 1 is 1.44 bits per heavy atom. The Hall–Kier alpha value is -0.870. The zero-order valence-corrected chi connectivity index (χ0v) is 10.5. The molecule has 0 aromatic carbocycles. The van der Waals surface area contributed by atoms with Gasteiger partial charge in [0.1, 0.15) is 0 Å². The molecular formula is C12H24N2O2. The second-order valence-corrected chi connectivity index (χ2v) is 4.43. The van der Waals surface area contributed by atoms with Crippen molar-refractivity contribution in [3.8, 4) is 0 Å². The summed E-state index contributed by atoms with van der Waals surface area (Å²) in [4.78, 5) is 11.5. The van der Waals surface area contributed by atoms with Gasteiger partial charge in [-0.2, -0.15) is 0 Å². The summed E-state index contributed by atoms with van der Waals surface area (Å²) in [6.07, 6.45) is 2.50. The first-order valence-electron chi connectivity index (χ1n) is 5.76. The van der Waals surface area contributed by atoms with Crippen LogP contribution in [0.15, 0.2) is 12.7 Å². The molecule has 0 aromatic heterocycles. The third kappa shape index (κ3) is 6.58. The van der Waals surface area contributed by atoms with Gasteiger partial charge >= 0.3 is 0 Å². The second-order valence-electron chi connectivity index (χ2n) is 4.43. The van der Waals surface area contributed by atoms with Gasteiger partial charge in [0.2, 0.25) is 5.91 Å². The van der Waals surface area contributed by atoms with Crippen molar-refractivity contribution < 1.29 is 9.90 Å². The van der Waals surface area contributed by atoms with Gasteiger partial charge in [0.15, 0.2) is 0 Å². The van der Waals surface area contributed by atoms with Gasteiger partial charge in [-0.25, -0.2) is 0 Å². The Morgan fingerprint density at radius 2 is 2.06 bits per heavy atom. The van der Waals surface area contributed by atoms with Crippen LogP contribution in [0.4, 0.5) is 0 Å². The predicted molar refractivity (Wildman–Crippen MR) is 66.1 cm³/mol. The fourth-order valence-electron chi connectivity index (χ4n) is 1.52. The van der Waals surface area contributed by atoms with E-state index in [0.717, 1.165) is 6.42 Å². The molecule has 0 radical (unpaired) electrons. The Bertz CT molecular complexity index is 217. The van der Waals surface area contributed by atoms with E-state index in [-0.39, 0.29) is 24.6 Å². The molecule has 4 nitrogen and oxygen atoms in total. The average molecular weight is 228 g/mol. The zero-order valence-electron chi connectivity index (χ0n) is 10.5. The molecule has 0 saturated heterocycles. The maximum absolute atomic E-state index is 11.5. The highest BCUT2D eigenvalue weighted by molar-refractivity contribution is 5.81. The van der Waals surface area contributed by atoms with Gasteiger partial charge < -0.3 is 15.7 Å². The van der Waals surface area contributed by atoms with E-state index >= 15 is 0 Å². The van der Waals surface area contributed by atoms with Crippen LogP contribution in [0, 0.1) is 5.92 Å². The maximum atomic E-state index is 11.5. The van der Waals surface area contributed by atoms with Crippen molar-refractivity contribution in [1.29, 1.82) is 0 Å². The van der Waals surface area contributed by atoms with E-state index < -0.39 is 0 Å². The molecule has 3 N–H and O–H groups in total. The lowest BCUT2D eigenvalue weighted by atomic mass is 10.0. The smallest absolute Gasteiger partial charge is 0.237 e. The fourth-order valence-corrected chi connectivity index (χ4v) is 1.52. The Balaban J connectivity index is 4.02. The van der Waals surface area contributed by atoms with Crippen molar-refractivity contribution in [2.75, 3.05) is 13.2 Å². The van der Waals surface area contributed by atoms with Crippen LogP contribution in [-0.2, 0) is 4.79 Å². The van der Waals surface area contributed by atoms with Crippen LogP contribution >= 0.6 is 0 Å². The van der Waals surface area contributed by atoms with Gasteiger partial charge in [0, 0.05) is 12.6 Å². The molecule has 0 saturated carbocycles. The first-order chi connectivity index (χ1) is 7.51. The topological polar surface area (TPSA) is 61.4 Å². The second kappa shape index (κ2) is 8.30. The minimum Gasteiger partial charge on any atom is -0.395 e. The monoisotopic (exact) mass is 228 g/mol. The SMILES string of the molecule is C=CCNC(=O)C(C)NC(CO)CC(C)C. The number of hydrogen-bond acceptors (Lipinski definition) is 3. The third-order valence-electron chi connectivity index (χ3n) is 2.28. The van der Waals surface area contributed by atoms with Crippen molar-refractivity contribution in [1.82, 2.24) is 10.6 Å². The Morgan fingerprint density at radius 3 is 2.50 bits per heavy atom. The van der Waals surface area contributed by atoms with E-state index in [9.17, 15) is 9.90 Å². The number of aliphatic hydroxyl groups excluding tert-OH is 1. The summed E-state index contributed by atoms with van der Waals surface area (Å²) in [5, 5.41) is 15.0. The minimum atomic E-state index is -0.296. The summed E-state index contributed by atoms with van der Waals surface area (Å²) in [7, 11) is 0. The van der Waals surface area contributed by atoms with Gasteiger partial charge in [0.05, 0.1) is 12.6 Å². The molecule has 0 heterocycles. The molecule has 16 heavy (non-hydrogen) atoms. The number of nitrogens with one attached hydrogen (secondary N) is 2. The molecule has 4 heteroatoms. The van der Waals surface area contributed by atoms with E-state index in [1.54, 1.807) is 13.0 Å². The van der Waals surface area contributed by atoms with Crippen molar-refractivity contribution in [2.24, 2.45) is 5.92 Å². The molecule has 2 unspecified atom stereocenters. The number of amides is 1. The van der Waals surface area contributed by atoms with E-state index in [0.29, 0.717) is 12.5 Å². The lowest BCUT2D eigenvalue weighted by Gasteiger charge is -2.22. The van der Waals surface area contributed by atoms with E-state index in [2.05, 4.69) is 31.1 Å². The number of hydrogen-bond donors (Lipinski definition) is 3. The van der Waals surface area contributed by atoms with Gasteiger partial charge in [-0.1, -0.05) is 19.9 Å². The third-order valence-corrected chi connectivity index (χ3v) is 2.28. The standard InChI is InChI=1S/C12H24N2O2/c1-5-6-13-12(16)10(4)14-11(8-15)7-9(2)3/h5,9-11,14-15H,1,6-8H2,2-4H3,(H,13,16). The van der Waals surface area contributed by atoms with Crippen molar-refractivity contribution >= 4 is 5.91 Å².